The van der Waals surface area contributed by atoms with Crippen LogP contribution in [0.5, 0.6) is 0 Å². The van der Waals surface area contributed by atoms with Crippen molar-refractivity contribution >= 4 is 86.9 Å². The first-order valence-electron chi connectivity index (χ1n) is 15.8. The number of aryl methyl sites for hydroxylation is 1. The van der Waals surface area contributed by atoms with Crippen LogP contribution in [0.4, 0.5) is 24.1 Å². The molecule has 0 bridgehead atoms. The lowest BCUT2D eigenvalue weighted by atomic mass is 10.0. The third-order valence-electron chi connectivity index (χ3n) is 8.06. The number of aliphatic carboxylic acids is 3. The van der Waals surface area contributed by atoms with Gasteiger partial charge in [-0.05, 0) is 19.4 Å². The molecule has 2 fully saturated rings. The number of nitrogens with zero attached hydrogens (tertiary/aromatic N) is 7. The number of carboxylic acids is 3. The minimum absolute atomic E-state index is 0.0261. The molecule has 3 aromatic rings. The number of rotatable bonds is 11. The number of oxime groups is 1. The summed E-state index contributed by atoms with van der Waals surface area (Å²) in [5.41, 5.74) is 4.93. The number of carbonyl (C=O) groups excluding carboxylic acids is 3. The minimum atomic E-state index is -5.19. The molecule has 19 nitrogen and oxygen atoms in total. The summed E-state index contributed by atoms with van der Waals surface area (Å²) >= 11 is 3.72. The van der Waals surface area contributed by atoms with E-state index in [1.54, 1.807) is 0 Å². The minimum Gasteiger partial charge on any atom is -0.542 e. The van der Waals surface area contributed by atoms with Crippen LogP contribution in [0.15, 0.2) is 45.4 Å². The van der Waals surface area contributed by atoms with E-state index in [1.165, 1.54) is 47.7 Å². The van der Waals surface area contributed by atoms with Crippen LogP contribution in [0, 0.1) is 0 Å². The van der Waals surface area contributed by atoms with Crippen LogP contribution in [0.25, 0.3) is 5.65 Å². The Balaban J connectivity index is 0.000000757. The van der Waals surface area contributed by atoms with Crippen molar-refractivity contribution in [2.24, 2.45) is 12.2 Å². The molecule has 3 aromatic heterocycles. The number of thioether (sulfide) groups is 2. The maximum absolute atomic E-state index is 13.4. The van der Waals surface area contributed by atoms with Crippen molar-refractivity contribution in [3.05, 3.63) is 40.8 Å². The summed E-state index contributed by atoms with van der Waals surface area (Å²) in [7, 11) is 1.94. The van der Waals surface area contributed by atoms with E-state index in [-0.39, 0.29) is 28.0 Å². The Bertz CT molecular complexity index is 2080. The van der Waals surface area contributed by atoms with Gasteiger partial charge in [-0.15, -0.1) is 23.1 Å². The van der Waals surface area contributed by atoms with Crippen molar-refractivity contribution in [1.82, 2.24) is 24.6 Å². The molecule has 2 saturated heterocycles. The van der Waals surface area contributed by atoms with E-state index >= 15 is 0 Å². The van der Waals surface area contributed by atoms with Crippen molar-refractivity contribution in [3.63, 3.8) is 0 Å². The van der Waals surface area contributed by atoms with Gasteiger partial charge in [0.1, 0.15) is 47.0 Å². The third kappa shape index (κ3) is 9.05. The number of hydrogen-bond donors (Lipinski definition) is 4. The highest BCUT2D eigenvalue weighted by atomic mass is 32.2. The van der Waals surface area contributed by atoms with E-state index < -0.39 is 52.9 Å². The lowest BCUT2D eigenvalue weighted by Gasteiger charge is -2.49. The number of nitrogen functional groups attached to an aromatic ring is 1. The van der Waals surface area contributed by atoms with Gasteiger partial charge < -0.3 is 45.6 Å². The second-order valence-electron chi connectivity index (χ2n) is 12.2. The van der Waals surface area contributed by atoms with Gasteiger partial charge in [-0.3, -0.25) is 14.5 Å². The van der Waals surface area contributed by atoms with E-state index in [2.05, 4.69) is 20.4 Å². The number of hydrogen-bond acceptors (Lipinski definition) is 16. The Morgan fingerprint density at radius 1 is 1.22 bits per heavy atom. The van der Waals surface area contributed by atoms with E-state index in [1.807, 2.05) is 34.5 Å². The van der Waals surface area contributed by atoms with Gasteiger partial charge in [0, 0.05) is 30.0 Å². The number of amides is 2. The number of carboxylic acid groups (broad SMARTS) is 3. The molecule has 296 valence electrons. The SMILES string of the molecule is C[n+]1ccn2c(SCC3=C(C(=O)O)N4C(=O)C(NC(=O)/C(=N\OC(C)(C)C(=O)O)c5csc(N)n5)C4SC3)nc(N3CCOCC3)cc21.O=C([O-])C(F)(F)F. The smallest absolute Gasteiger partial charge is 0.430 e. The van der Waals surface area contributed by atoms with Crippen LogP contribution in [0.1, 0.15) is 19.5 Å². The summed E-state index contributed by atoms with van der Waals surface area (Å²) in [4.78, 5) is 77.0. The van der Waals surface area contributed by atoms with E-state index in [0.717, 1.165) is 22.8 Å². The molecule has 0 radical (unpaired) electrons. The Morgan fingerprint density at radius 2 is 1.89 bits per heavy atom. The van der Waals surface area contributed by atoms with Gasteiger partial charge in [0.25, 0.3) is 22.6 Å². The number of morpholine rings is 1. The Kier molecular flexibility index (Phi) is 12.2. The number of alkyl halides is 3. The summed E-state index contributed by atoms with van der Waals surface area (Å²) in [6, 6.07) is 0.926. The molecule has 0 saturated carbocycles. The van der Waals surface area contributed by atoms with Crippen LogP contribution in [0.3, 0.4) is 0 Å². The normalized spacial score (nSPS) is 18.9. The van der Waals surface area contributed by atoms with E-state index in [4.69, 9.17) is 30.2 Å². The summed E-state index contributed by atoms with van der Waals surface area (Å²) in [5.74, 6) is -5.71. The van der Waals surface area contributed by atoms with Crippen molar-refractivity contribution in [2.45, 2.75) is 42.2 Å². The summed E-state index contributed by atoms with van der Waals surface area (Å²) in [5, 5.41) is 36.3. The fraction of sp³-hybridized carbons (Fsp3) is 0.433. The van der Waals surface area contributed by atoms with Gasteiger partial charge in [-0.2, -0.15) is 22.6 Å². The molecular weight excluding hydrogens is 800 g/mol. The van der Waals surface area contributed by atoms with Crippen molar-refractivity contribution in [2.75, 3.05) is 48.4 Å². The number of nitrogens with two attached hydrogens (primary N) is 1. The van der Waals surface area contributed by atoms with Gasteiger partial charge in [0.05, 0.1) is 26.3 Å². The number of ether oxygens (including phenoxy) is 1. The predicted octanol–water partition coefficient (Wildman–Crippen LogP) is -0.552. The number of aromatic nitrogens is 4. The van der Waals surface area contributed by atoms with Crippen molar-refractivity contribution in [3.8, 4) is 0 Å². The second kappa shape index (κ2) is 16.3. The molecule has 2 atom stereocenters. The molecule has 55 heavy (non-hydrogen) atoms. The molecule has 5 N–H and O–H groups in total. The third-order valence-corrected chi connectivity index (χ3v) is 11.1. The highest BCUT2D eigenvalue weighted by Gasteiger charge is 2.54. The van der Waals surface area contributed by atoms with Gasteiger partial charge in [-0.1, -0.05) is 16.9 Å². The predicted molar refractivity (Wildman–Crippen MR) is 187 cm³/mol. The quantitative estimate of drug-likeness (QED) is 0.0472. The largest absolute Gasteiger partial charge is 0.542 e. The Labute approximate surface area is 320 Å². The monoisotopic (exact) mass is 831 g/mol. The molecule has 2 amide bonds. The van der Waals surface area contributed by atoms with Crippen LogP contribution in [0.2, 0.25) is 0 Å². The molecule has 6 heterocycles. The number of thiazole rings is 1. The van der Waals surface area contributed by atoms with Gasteiger partial charge in [0.2, 0.25) is 5.60 Å². The number of β-lactam (4-membered cyclic amide) rings is 1. The zero-order chi connectivity index (χ0) is 40.4. The van der Waals surface area contributed by atoms with Crippen LogP contribution < -0.4 is 25.6 Å². The molecule has 0 aromatic carbocycles. The molecule has 25 heteroatoms. The van der Waals surface area contributed by atoms with Crippen LogP contribution in [-0.2, 0) is 40.6 Å². The second-order valence-corrected chi connectivity index (χ2v) is 15.2. The molecule has 0 aliphatic carbocycles. The topological polar surface area (TPSA) is 258 Å². The fourth-order valence-electron chi connectivity index (χ4n) is 5.13. The van der Waals surface area contributed by atoms with Gasteiger partial charge >= 0.3 is 18.1 Å². The van der Waals surface area contributed by atoms with E-state index in [9.17, 15) is 42.6 Å². The van der Waals surface area contributed by atoms with Crippen LogP contribution >= 0.6 is 34.9 Å². The summed E-state index contributed by atoms with van der Waals surface area (Å²) in [6.07, 6.45) is -1.39. The summed E-state index contributed by atoms with van der Waals surface area (Å²) < 4.78 is 41.0. The maximum Gasteiger partial charge on any atom is 0.430 e. The number of fused-ring (bicyclic) bond motifs is 2. The molecule has 3 aliphatic heterocycles. The molecular formula is C30H32F3N9O10S3. The lowest BCUT2D eigenvalue weighted by molar-refractivity contribution is -0.644. The molecule has 6 rings (SSSR count). The molecule has 0 spiro atoms. The number of halogens is 3. The van der Waals surface area contributed by atoms with Crippen molar-refractivity contribution in [1.29, 1.82) is 0 Å². The molecule has 2 unspecified atom stereocenters. The number of nitrogens with one attached hydrogen (secondary N) is 1. The highest BCUT2D eigenvalue weighted by Crippen LogP contribution is 2.41. The maximum atomic E-state index is 13.4. The Hall–Kier alpha value is -5.14. The first-order chi connectivity index (χ1) is 25.8. The highest BCUT2D eigenvalue weighted by molar-refractivity contribution is 8.01. The zero-order valence-electron chi connectivity index (χ0n) is 28.9. The number of anilines is 2. The van der Waals surface area contributed by atoms with Gasteiger partial charge in [0.15, 0.2) is 10.8 Å². The Morgan fingerprint density at radius 3 is 2.47 bits per heavy atom. The first kappa shape index (κ1) is 41.0. The van der Waals surface area contributed by atoms with Crippen LogP contribution in [-0.4, -0.2) is 126 Å². The number of carbonyl (C=O) groups is 5. The molecule has 3 aliphatic rings. The zero-order valence-corrected chi connectivity index (χ0v) is 31.4. The van der Waals surface area contributed by atoms with Crippen molar-refractivity contribution < 1.29 is 66.6 Å². The lowest BCUT2D eigenvalue weighted by Crippen LogP contribution is -2.71. The average Bonchev–Trinajstić information content (AvgIpc) is 3.73. The standard InChI is InChI=1S/C28H31N9O8S3.C2HF3O2/c1-28(2,25(42)43)45-33-18(15-13-47-26(29)30-15)21(38)32-19-22(39)37-20(24(40)41)14(11-46-23(19)37)12-48-27-31-16(35-6-8-44-9-7-35)10-17-34(3)4-5-36(17)27;3-2(4,5)1(6)7/h4-5,10,13,19,23H,6-9,11-12H2,1-3H3,(H4-,29,30,32,38,40,41,42,43);(H,6,7)/b33-18-;. The van der Waals surface area contributed by atoms with E-state index in [0.29, 0.717) is 42.8 Å². The average molecular weight is 832 g/mol. The number of imidazole rings is 1. The van der Waals surface area contributed by atoms with Gasteiger partial charge in [-0.25, -0.2) is 19.1 Å². The first-order valence-corrected chi connectivity index (χ1v) is 18.7. The summed E-state index contributed by atoms with van der Waals surface area (Å²) in [6.45, 7) is 5.12. The fourth-order valence-corrected chi connectivity index (χ4v) is 8.15.